The summed E-state index contributed by atoms with van der Waals surface area (Å²) in [6, 6.07) is 14.9. The molecule has 0 radical (unpaired) electrons. The zero-order chi connectivity index (χ0) is 15.3. The molecular formula is C14H15N3O3S. The van der Waals surface area contributed by atoms with Gasteiger partial charge < -0.3 is 4.90 Å². The quantitative estimate of drug-likeness (QED) is 0.628. The molecule has 2 aromatic carbocycles. The van der Waals surface area contributed by atoms with Gasteiger partial charge in [-0.3, -0.25) is 0 Å². The second kappa shape index (κ2) is 6.36. The minimum absolute atomic E-state index is 0.0342. The first-order chi connectivity index (χ1) is 9.99. The van der Waals surface area contributed by atoms with Crippen molar-refractivity contribution in [2.45, 2.75) is 4.90 Å². The van der Waals surface area contributed by atoms with Crippen molar-refractivity contribution >= 4 is 21.5 Å². The van der Waals surface area contributed by atoms with Crippen molar-refractivity contribution in [2.75, 3.05) is 19.0 Å². The Balaban J connectivity index is 2.05. The van der Waals surface area contributed by atoms with Crippen LogP contribution < -0.4 is 4.90 Å². The third-order valence-electron chi connectivity index (χ3n) is 2.69. The van der Waals surface area contributed by atoms with Crippen LogP contribution in [0.1, 0.15) is 0 Å². The molecule has 110 valence electrons. The molecule has 2 aromatic rings. The zero-order valence-corrected chi connectivity index (χ0v) is 12.5. The van der Waals surface area contributed by atoms with Gasteiger partial charge in [-0.15, -0.1) is 5.11 Å². The summed E-state index contributed by atoms with van der Waals surface area (Å²) in [6.07, 6.45) is 0. The summed E-state index contributed by atoms with van der Waals surface area (Å²) in [5.74, 6) is 0. The first kappa shape index (κ1) is 15.0. The molecule has 0 atom stereocenters. The standard InChI is InChI=1S/C14H15N3O3S/c1-17(2)13-10-8-12(9-11-13)15-16-20-21(18,19)14-6-4-3-5-7-14/h3-11H,1-2H3. The third kappa shape index (κ3) is 4.03. The lowest BCUT2D eigenvalue weighted by Gasteiger charge is -2.11. The number of hydrogen-bond acceptors (Lipinski definition) is 6. The van der Waals surface area contributed by atoms with Crippen LogP contribution in [0.15, 0.2) is 69.9 Å². The molecule has 0 heterocycles. The Morgan fingerprint density at radius 2 is 1.57 bits per heavy atom. The second-order valence-corrected chi connectivity index (χ2v) is 5.96. The van der Waals surface area contributed by atoms with Gasteiger partial charge in [0.15, 0.2) is 0 Å². The van der Waals surface area contributed by atoms with E-state index in [9.17, 15) is 8.42 Å². The van der Waals surface area contributed by atoms with Crippen molar-refractivity contribution in [3.63, 3.8) is 0 Å². The van der Waals surface area contributed by atoms with Gasteiger partial charge >= 0.3 is 10.1 Å². The van der Waals surface area contributed by atoms with Gasteiger partial charge in [0.2, 0.25) is 0 Å². The monoisotopic (exact) mass is 305 g/mol. The normalized spacial score (nSPS) is 11.5. The number of rotatable bonds is 5. The lowest BCUT2D eigenvalue weighted by molar-refractivity contribution is 0.314. The summed E-state index contributed by atoms with van der Waals surface area (Å²) in [7, 11) is -0.0753. The van der Waals surface area contributed by atoms with E-state index in [2.05, 4.69) is 14.7 Å². The lowest BCUT2D eigenvalue weighted by atomic mass is 10.3. The van der Waals surface area contributed by atoms with Gasteiger partial charge in [0.25, 0.3) is 0 Å². The molecule has 0 fully saturated rings. The van der Waals surface area contributed by atoms with Gasteiger partial charge in [-0.1, -0.05) is 18.2 Å². The van der Waals surface area contributed by atoms with Crippen LogP contribution in [-0.4, -0.2) is 22.5 Å². The number of nitrogens with zero attached hydrogens (tertiary/aromatic N) is 3. The van der Waals surface area contributed by atoms with E-state index in [0.717, 1.165) is 5.69 Å². The molecule has 0 amide bonds. The topological polar surface area (TPSA) is 71.3 Å². The number of anilines is 1. The maximum Gasteiger partial charge on any atom is 0.359 e. The van der Waals surface area contributed by atoms with Crippen molar-refractivity contribution in [3.8, 4) is 0 Å². The van der Waals surface area contributed by atoms with Crippen LogP contribution in [0, 0.1) is 0 Å². The van der Waals surface area contributed by atoms with Crippen molar-refractivity contribution in [1.29, 1.82) is 0 Å². The highest BCUT2D eigenvalue weighted by Crippen LogP contribution is 2.19. The summed E-state index contributed by atoms with van der Waals surface area (Å²) in [6.45, 7) is 0. The average molecular weight is 305 g/mol. The molecule has 0 saturated heterocycles. The van der Waals surface area contributed by atoms with E-state index in [4.69, 9.17) is 0 Å². The SMILES string of the molecule is CN(C)c1ccc(N=NOS(=O)(=O)c2ccccc2)cc1. The molecular weight excluding hydrogens is 290 g/mol. The molecule has 2 rings (SSSR count). The van der Waals surface area contributed by atoms with Crippen LogP contribution in [0.4, 0.5) is 11.4 Å². The van der Waals surface area contributed by atoms with Crippen LogP contribution in [0.3, 0.4) is 0 Å². The predicted molar refractivity (Wildman–Crippen MR) is 80.0 cm³/mol. The molecule has 0 N–H and O–H groups in total. The summed E-state index contributed by atoms with van der Waals surface area (Å²) in [5, 5.41) is 7.01. The van der Waals surface area contributed by atoms with Crippen LogP contribution in [0.5, 0.6) is 0 Å². The van der Waals surface area contributed by atoms with E-state index in [1.54, 1.807) is 30.3 Å². The molecule has 0 bridgehead atoms. The Bertz CT molecular complexity index is 711. The van der Waals surface area contributed by atoms with Crippen LogP contribution >= 0.6 is 0 Å². The highest BCUT2D eigenvalue weighted by molar-refractivity contribution is 7.86. The molecule has 6 nitrogen and oxygen atoms in total. The molecule has 0 aliphatic heterocycles. The van der Waals surface area contributed by atoms with Gasteiger partial charge in [-0.05, 0) is 36.4 Å². The lowest BCUT2D eigenvalue weighted by Crippen LogP contribution is -2.07. The first-order valence-corrected chi connectivity index (χ1v) is 7.57. The molecule has 0 aliphatic rings. The highest BCUT2D eigenvalue weighted by Gasteiger charge is 2.14. The number of hydrogen-bond donors (Lipinski definition) is 0. The Kier molecular flexibility index (Phi) is 4.54. The summed E-state index contributed by atoms with van der Waals surface area (Å²) in [4.78, 5) is 1.98. The third-order valence-corrected chi connectivity index (χ3v) is 3.80. The van der Waals surface area contributed by atoms with Gasteiger partial charge in [0.1, 0.15) is 4.90 Å². The smallest absolute Gasteiger partial charge is 0.359 e. The summed E-state index contributed by atoms with van der Waals surface area (Å²) < 4.78 is 28.1. The Morgan fingerprint density at radius 1 is 0.952 bits per heavy atom. The Hall–Kier alpha value is -2.41. The van der Waals surface area contributed by atoms with Gasteiger partial charge in [0, 0.05) is 25.1 Å². The van der Waals surface area contributed by atoms with E-state index in [1.807, 2.05) is 31.1 Å². The second-order valence-electron chi connectivity index (χ2n) is 4.43. The predicted octanol–water partition coefficient (Wildman–Crippen LogP) is 3.16. The van der Waals surface area contributed by atoms with Gasteiger partial charge in [-0.2, -0.15) is 8.42 Å². The highest BCUT2D eigenvalue weighted by atomic mass is 32.2. The fourth-order valence-corrected chi connectivity index (χ4v) is 2.25. The van der Waals surface area contributed by atoms with Crippen LogP contribution in [0.2, 0.25) is 0 Å². The minimum atomic E-state index is -3.92. The molecule has 0 unspecified atom stereocenters. The van der Waals surface area contributed by atoms with E-state index >= 15 is 0 Å². The van der Waals surface area contributed by atoms with E-state index < -0.39 is 10.1 Å². The largest absolute Gasteiger partial charge is 0.378 e. The Morgan fingerprint density at radius 3 is 2.14 bits per heavy atom. The minimum Gasteiger partial charge on any atom is -0.378 e. The fraction of sp³-hybridized carbons (Fsp3) is 0.143. The summed E-state index contributed by atoms with van der Waals surface area (Å²) >= 11 is 0. The van der Waals surface area contributed by atoms with Crippen LogP contribution in [0.25, 0.3) is 0 Å². The maximum atomic E-state index is 11.8. The van der Waals surface area contributed by atoms with Crippen LogP contribution in [-0.2, 0) is 14.4 Å². The van der Waals surface area contributed by atoms with Gasteiger partial charge in [0.05, 0.1) is 5.69 Å². The van der Waals surface area contributed by atoms with Crippen molar-refractivity contribution in [3.05, 3.63) is 54.6 Å². The fourth-order valence-electron chi connectivity index (χ4n) is 1.56. The van der Waals surface area contributed by atoms with Crippen molar-refractivity contribution < 1.29 is 12.7 Å². The zero-order valence-electron chi connectivity index (χ0n) is 11.7. The molecule has 0 aromatic heterocycles. The molecule has 0 spiro atoms. The maximum absolute atomic E-state index is 11.8. The molecule has 0 saturated carbocycles. The van der Waals surface area contributed by atoms with Crippen molar-refractivity contribution in [1.82, 2.24) is 0 Å². The van der Waals surface area contributed by atoms with E-state index in [1.165, 1.54) is 12.1 Å². The average Bonchev–Trinajstić information content (AvgIpc) is 2.48. The number of benzene rings is 2. The summed E-state index contributed by atoms with van der Waals surface area (Å²) in [5.41, 5.74) is 1.51. The first-order valence-electron chi connectivity index (χ1n) is 6.16. The van der Waals surface area contributed by atoms with Crippen molar-refractivity contribution in [2.24, 2.45) is 10.4 Å². The van der Waals surface area contributed by atoms with E-state index in [-0.39, 0.29) is 4.90 Å². The van der Waals surface area contributed by atoms with E-state index in [0.29, 0.717) is 5.69 Å². The van der Waals surface area contributed by atoms with Gasteiger partial charge in [-0.25, -0.2) is 4.28 Å². The Labute approximate surface area is 123 Å². The molecule has 21 heavy (non-hydrogen) atoms. The molecule has 0 aliphatic carbocycles. The molecule has 7 heteroatoms.